The first-order valence-corrected chi connectivity index (χ1v) is 10.3. The molecule has 2 aromatic rings. The second-order valence-corrected chi connectivity index (χ2v) is 8.72. The maximum Gasteiger partial charge on any atom is 0.254 e. The minimum Gasteiger partial charge on any atom is -0.338 e. The highest BCUT2D eigenvalue weighted by molar-refractivity contribution is 7.90. The lowest BCUT2D eigenvalue weighted by Gasteiger charge is -2.32. The van der Waals surface area contributed by atoms with E-state index in [2.05, 4.69) is 10.2 Å². The molecule has 1 atom stereocenters. The Morgan fingerprint density at radius 3 is 3.04 bits per heavy atom. The highest BCUT2D eigenvalue weighted by Crippen LogP contribution is 2.24. The number of rotatable bonds is 4. The summed E-state index contributed by atoms with van der Waals surface area (Å²) in [6.45, 7) is 1.41. The van der Waals surface area contributed by atoms with Crippen LogP contribution in [-0.2, 0) is 16.3 Å². The van der Waals surface area contributed by atoms with Crippen molar-refractivity contribution in [1.82, 2.24) is 15.1 Å². The Morgan fingerprint density at radius 2 is 2.35 bits per heavy atom. The van der Waals surface area contributed by atoms with Crippen LogP contribution in [-0.4, -0.2) is 48.8 Å². The quantitative estimate of drug-likeness (QED) is 0.911. The Hall–Kier alpha value is -1.67. The molecule has 1 fully saturated rings. The number of nitrogens with one attached hydrogen (secondary N) is 1. The normalized spacial score (nSPS) is 19.0. The maximum absolute atomic E-state index is 12.5. The zero-order valence-corrected chi connectivity index (χ0v) is 14.5. The molecule has 0 saturated carbocycles. The molecule has 0 aromatic carbocycles. The number of carbonyl (C=O) groups excluding carboxylic acids is 1. The number of sulfone groups is 1. The zero-order valence-electron chi connectivity index (χ0n) is 12.9. The van der Waals surface area contributed by atoms with Crippen molar-refractivity contribution in [1.29, 1.82) is 0 Å². The Kier molecular flexibility index (Phi) is 4.54. The predicted octanol–water partition coefficient (Wildman–Crippen LogP) is 1.97. The van der Waals surface area contributed by atoms with Crippen LogP contribution in [0.3, 0.4) is 0 Å². The van der Waals surface area contributed by atoms with Gasteiger partial charge in [0.15, 0.2) is 9.84 Å². The molecule has 1 N–H and O–H groups in total. The fourth-order valence-electron chi connectivity index (χ4n) is 3.04. The lowest BCUT2D eigenvalue weighted by atomic mass is 9.93. The second kappa shape index (κ2) is 6.45. The van der Waals surface area contributed by atoms with Crippen molar-refractivity contribution in [3.8, 4) is 0 Å². The van der Waals surface area contributed by atoms with Gasteiger partial charge in [0.05, 0.1) is 17.5 Å². The largest absolute Gasteiger partial charge is 0.338 e. The summed E-state index contributed by atoms with van der Waals surface area (Å²) in [5.74, 6) is 0.302. The van der Waals surface area contributed by atoms with Crippen molar-refractivity contribution in [2.24, 2.45) is 5.92 Å². The first-order chi connectivity index (χ1) is 10.9. The van der Waals surface area contributed by atoms with Crippen LogP contribution in [0.5, 0.6) is 0 Å². The van der Waals surface area contributed by atoms with Gasteiger partial charge in [0.25, 0.3) is 5.91 Å². The number of aromatic amines is 1. The summed E-state index contributed by atoms with van der Waals surface area (Å²) in [6, 6.07) is 1.84. The van der Waals surface area contributed by atoms with Crippen molar-refractivity contribution in [2.75, 3.05) is 19.3 Å². The highest BCUT2D eigenvalue weighted by atomic mass is 32.2. The SMILES string of the molecule is CS(=O)(=O)c1cn[nH]c1CC1CCCN(C(=O)c2ccsc2)C1. The molecule has 1 saturated heterocycles. The standard InChI is InChI=1S/C15H19N3O3S2/c1-23(20,21)14-8-16-17-13(14)7-11-3-2-5-18(9-11)15(19)12-4-6-22-10-12/h4,6,8,10-11H,2-3,5,7,9H2,1H3,(H,16,17). The molecule has 3 heterocycles. The Balaban J connectivity index is 1.70. The third-order valence-corrected chi connectivity index (χ3v) is 5.98. The summed E-state index contributed by atoms with van der Waals surface area (Å²) in [7, 11) is -3.28. The third kappa shape index (κ3) is 3.64. The first kappa shape index (κ1) is 16.2. The molecule has 1 aliphatic rings. The van der Waals surface area contributed by atoms with Crippen molar-refractivity contribution < 1.29 is 13.2 Å². The summed E-state index contributed by atoms with van der Waals surface area (Å²) >= 11 is 1.51. The molecule has 3 rings (SSSR count). The summed E-state index contributed by atoms with van der Waals surface area (Å²) in [5.41, 5.74) is 1.37. The molecule has 0 radical (unpaired) electrons. The first-order valence-electron chi connectivity index (χ1n) is 7.49. The van der Waals surface area contributed by atoms with Crippen LogP contribution in [0.1, 0.15) is 28.9 Å². The number of piperidine rings is 1. The smallest absolute Gasteiger partial charge is 0.254 e. The molecule has 8 heteroatoms. The third-order valence-electron chi connectivity index (χ3n) is 4.15. The molecule has 0 bridgehead atoms. The van der Waals surface area contributed by atoms with E-state index in [0.717, 1.165) is 24.9 Å². The summed E-state index contributed by atoms with van der Waals surface area (Å²) in [5, 5.41) is 10.4. The number of hydrogen-bond acceptors (Lipinski definition) is 5. The van der Waals surface area contributed by atoms with Crippen molar-refractivity contribution in [3.05, 3.63) is 34.3 Å². The van der Waals surface area contributed by atoms with Gasteiger partial charge in [-0.3, -0.25) is 9.89 Å². The van der Waals surface area contributed by atoms with Crippen LogP contribution in [0.15, 0.2) is 27.9 Å². The van der Waals surface area contributed by atoms with Crippen LogP contribution in [0.25, 0.3) is 0 Å². The van der Waals surface area contributed by atoms with Crippen molar-refractivity contribution >= 4 is 27.1 Å². The molecular formula is C15H19N3O3S2. The van der Waals surface area contributed by atoms with E-state index in [0.29, 0.717) is 18.7 Å². The number of carbonyl (C=O) groups is 1. The summed E-state index contributed by atoms with van der Waals surface area (Å²) in [4.78, 5) is 14.6. The maximum atomic E-state index is 12.5. The van der Waals surface area contributed by atoms with Crippen LogP contribution in [0.2, 0.25) is 0 Å². The lowest BCUT2D eigenvalue weighted by Crippen LogP contribution is -2.40. The van der Waals surface area contributed by atoms with E-state index < -0.39 is 9.84 Å². The number of likely N-dealkylation sites (tertiary alicyclic amines) is 1. The van der Waals surface area contributed by atoms with Gasteiger partial charge in [0.1, 0.15) is 4.90 Å². The second-order valence-electron chi connectivity index (χ2n) is 5.96. The molecule has 23 heavy (non-hydrogen) atoms. The van der Waals surface area contributed by atoms with Gasteiger partial charge in [0, 0.05) is 24.7 Å². The van der Waals surface area contributed by atoms with Gasteiger partial charge in [-0.05, 0) is 36.6 Å². The topological polar surface area (TPSA) is 83.1 Å². The van der Waals surface area contributed by atoms with Crippen LogP contribution >= 0.6 is 11.3 Å². The lowest BCUT2D eigenvalue weighted by molar-refractivity contribution is 0.0673. The van der Waals surface area contributed by atoms with Gasteiger partial charge in [0.2, 0.25) is 0 Å². The monoisotopic (exact) mass is 353 g/mol. The van der Waals surface area contributed by atoms with E-state index in [9.17, 15) is 13.2 Å². The highest BCUT2D eigenvalue weighted by Gasteiger charge is 2.27. The van der Waals surface area contributed by atoms with E-state index in [1.807, 2.05) is 21.7 Å². The number of amides is 1. The fourth-order valence-corrected chi connectivity index (χ4v) is 4.49. The molecule has 2 aromatic heterocycles. The number of aromatic nitrogens is 2. The Labute approximate surface area is 139 Å². The molecular weight excluding hydrogens is 334 g/mol. The number of nitrogens with zero attached hydrogens (tertiary/aromatic N) is 2. The predicted molar refractivity (Wildman–Crippen MR) is 88.3 cm³/mol. The van der Waals surface area contributed by atoms with Crippen LogP contribution in [0, 0.1) is 5.92 Å². The number of H-pyrrole nitrogens is 1. The van der Waals surface area contributed by atoms with Crippen molar-refractivity contribution in [2.45, 2.75) is 24.2 Å². The van der Waals surface area contributed by atoms with E-state index in [1.165, 1.54) is 23.8 Å². The molecule has 1 aliphatic heterocycles. The summed E-state index contributed by atoms with van der Waals surface area (Å²) < 4.78 is 23.5. The van der Waals surface area contributed by atoms with Gasteiger partial charge >= 0.3 is 0 Å². The van der Waals surface area contributed by atoms with E-state index in [1.54, 1.807) is 0 Å². The fraction of sp³-hybridized carbons (Fsp3) is 0.467. The van der Waals surface area contributed by atoms with Gasteiger partial charge in [-0.25, -0.2) is 8.42 Å². The summed E-state index contributed by atoms with van der Waals surface area (Å²) in [6.07, 6.45) is 5.06. The zero-order chi connectivity index (χ0) is 16.4. The molecule has 0 aliphatic carbocycles. The number of hydrogen-bond donors (Lipinski definition) is 1. The molecule has 1 amide bonds. The van der Waals surface area contributed by atoms with E-state index in [4.69, 9.17) is 0 Å². The van der Waals surface area contributed by atoms with Gasteiger partial charge in [-0.2, -0.15) is 16.4 Å². The van der Waals surface area contributed by atoms with E-state index >= 15 is 0 Å². The van der Waals surface area contributed by atoms with Gasteiger partial charge in [-0.1, -0.05) is 0 Å². The van der Waals surface area contributed by atoms with Crippen LogP contribution < -0.4 is 0 Å². The molecule has 6 nitrogen and oxygen atoms in total. The Morgan fingerprint density at radius 1 is 1.52 bits per heavy atom. The minimum absolute atomic E-state index is 0.0592. The minimum atomic E-state index is -3.28. The van der Waals surface area contributed by atoms with Gasteiger partial charge in [-0.15, -0.1) is 0 Å². The average Bonchev–Trinajstić information content (AvgIpc) is 3.17. The molecule has 1 unspecified atom stereocenters. The number of thiophene rings is 1. The van der Waals surface area contributed by atoms with Gasteiger partial charge < -0.3 is 4.90 Å². The molecule has 0 spiro atoms. The van der Waals surface area contributed by atoms with Crippen LogP contribution in [0.4, 0.5) is 0 Å². The molecule has 124 valence electrons. The van der Waals surface area contributed by atoms with E-state index in [-0.39, 0.29) is 16.7 Å². The Bertz CT molecular complexity index is 781. The van der Waals surface area contributed by atoms with Crippen molar-refractivity contribution in [3.63, 3.8) is 0 Å². The average molecular weight is 353 g/mol.